The average Bonchev–Trinajstić information content (AvgIpc) is 3.19. The number of fused-ring (bicyclic) bond motifs is 1. The number of rotatable bonds is 4. The summed E-state index contributed by atoms with van der Waals surface area (Å²) in [4.78, 5) is 13.4. The van der Waals surface area contributed by atoms with Gasteiger partial charge in [-0.15, -0.1) is 0 Å². The van der Waals surface area contributed by atoms with Crippen LogP contribution in [0.4, 0.5) is 10.1 Å². The van der Waals surface area contributed by atoms with E-state index in [-0.39, 0.29) is 11.7 Å². The molecule has 1 aliphatic rings. The highest BCUT2D eigenvalue weighted by molar-refractivity contribution is 6.07. The van der Waals surface area contributed by atoms with E-state index in [0.717, 1.165) is 35.1 Å². The first-order valence-corrected chi connectivity index (χ1v) is 9.28. The van der Waals surface area contributed by atoms with E-state index >= 15 is 0 Å². The molecule has 1 amide bonds. The zero-order chi connectivity index (χ0) is 18.9. The molecule has 0 spiro atoms. The van der Waals surface area contributed by atoms with Crippen LogP contribution >= 0.6 is 0 Å². The highest BCUT2D eigenvalue weighted by Gasteiger charge is 2.44. The molecular formula is C23H22FNO2. The summed E-state index contributed by atoms with van der Waals surface area (Å²) in [5.74, 6) is 0.308. The fourth-order valence-corrected chi connectivity index (χ4v) is 4.25. The molecule has 1 N–H and O–H groups in total. The standard InChI is InChI=1S/C23H22FNO2/c1-27-21-13-12-20(16-8-2-3-9-17(16)21)25-22(26)23(14-6-7-15-23)18-10-4-5-11-19(18)24/h2-5,8-13H,6-7,14-15H2,1H3,(H,25,26). The van der Waals surface area contributed by atoms with Gasteiger partial charge in [0.05, 0.1) is 12.5 Å². The Kier molecular flexibility index (Phi) is 4.56. The van der Waals surface area contributed by atoms with Gasteiger partial charge in [0.25, 0.3) is 0 Å². The zero-order valence-electron chi connectivity index (χ0n) is 15.3. The van der Waals surface area contributed by atoms with Crippen molar-refractivity contribution in [3.05, 3.63) is 72.0 Å². The molecule has 0 radical (unpaired) electrons. The molecule has 0 saturated heterocycles. The molecular weight excluding hydrogens is 341 g/mol. The lowest BCUT2D eigenvalue weighted by Crippen LogP contribution is -2.38. The molecule has 3 nitrogen and oxygen atoms in total. The summed E-state index contributed by atoms with van der Waals surface area (Å²) in [5.41, 5.74) is 0.406. The molecule has 1 aliphatic carbocycles. The fraction of sp³-hybridized carbons (Fsp3) is 0.261. The molecule has 0 heterocycles. The van der Waals surface area contributed by atoms with Crippen molar-refractivity contribution in [1.29, 1.82) is 0 Å². The van der Waals surface area contributed by atoms with Crippen molar-refractivity contribution in [3.8, 4) is 5.75 Å². The Balaban J connectivity index is 1.75. The molecule has 4 heteroatoms. The molecule has 0 atom stereocenters. The molecule has 4 rings (SSSR count). The molecule has 3 aromatic carbocycles. The number of hydrogen-bond donors (Lipinski definition) is 1. The zero-order valence-corrected chi connectivity index (χ0v) is 15.3. The van der Waals surface area contributed by atoms with Crippen molar-refractivity contribution < 1.29 is 13.9 Å². The Morgan fingerprint density at radius 1 is 0.963 bits per heavy atom. The van der Waals surface area contributed by atoms with Crippen LogP contribution in [0.3, 0.4) is 0 Å². The Hall–Kier alpha value is -2.88. The van der Waals surface area contributed by atoms with Crippen molar-refractivity contribution in [2.45, 2.75) is 31.1 Å². The summed E-state index contributed by atoms with van der Waals surface area (Å²) in [6.45, 7) is 0. The van der Waals surface area contributed by atoms with E-state index in [1.807, 2.05) is 36.4 Å². The molecule has 138 valence electrons. The van der Waals surface area contributed by atoms with Gasteiger partial charge in [-0.1, -0.05) is 55.3 Å². The molecule has 0 bridgehead atoms. The van der Waals surface area contributed by atoms with Gasteiger partial charge in [0.1, 0.15) is 11.6 Å². The van der Waals surface area contributed by atoms with Gasteiger partial charge < -0.3 is 10.1 Å². The summed E-state index contributed by atoms with van der Waals surface area (Å²) in [5, 5.41) is 4.93. The van der Waals surface area contributed by atoms with Gasteiger partial charge in [-0.2, -0.15) is 0 Å². The second-order valence-electron chi connectivity index (χ2n) is 7.08. The van der Waals surface area contributed by atoms with Gasteiger partial charge in [0.2, 0.25) is 5.91 Å². The van der Waals surface area contributed by atoms with Crippen LogP contribution in [0.2, 0.25) is 0 Å². The smallest absolute Gasteiger partial charge is 0.235 e. The van der Waals surface area contributed by atoms with Gasteiger partial charge in [-0.05, 0) is 31.0 Å². The predicted molar refractivity (Wildman–Crippen MR) is 106 cm³/mol. The summed E-state index contributed by atoms with van der Waals surface area (Å²) >= 11 is 0. The molecule has 0 aromatic heterocycles. The van der Waals surface area contributed by atoms with E-state index in [1.165, 1.54) is 6.07 Å². The van der Waals surface area contributed by atoms with Crippen LogP contribution in [0, 0.1) is 5.82 Å². The van der Waals surface area contributed by atoms with Gasteiger partial charge in [-0.3, -0.25) is 4.79 Å². The number of hydrogen-bond acceptors (Lipinski definition) is 2. The third-order valence-corrected chi connectivity index (χ3v) is 5.63. The van der Waals surface area contributed by atoms with Crippen molar-refractivity contribution in [2.24, 2.45) is 0 Å². The molecule has 3 aromatic rings. The Morgan fingerprint density at radius 2 is 1.63 bits per heavy atom. The largest absolute Gasteiger partial charge is 0.496 e. The van der Waals surface area contributed by atoms with Gasteiger partial charge in [0, 0.05) is 22.0 Å². The average molecular weight is 363 g/mol. The fourth-order valence-electron chi connectivity index (χ4n) is 4.25. The topological polar surface area (TPSA) is 38.3 Å². The summed E-state index contributed by atoms with van der Waals surface area (Å²) in [7, 11) is 1.63. The second-order valence-corrected chi connectivity index (χ2v) is 7.08. The third-order valence-electron chi connectivity index (χ3n) is 5.63. The minimum absolute atomic E-state index is 0.139. The van der Waals surface area contributed by atoms with Crippen LogP contribution in [-0.2, 0) is 10.2 Å². The molecule has 1 fully saturated rings. The number of benzene rings is 3. The number of methoxy groups -OCH3 is 1. The van der Waals surface area contributed by atoms with Gasteiger partial charge in [0.15, 0.2) is 0 Å². The summed E-state index contributed by atoms with van der Waals surface area (Å²) < 4.78 is 20.0. The van der Waals surface area contributed by atoms with Crippen molar-refractivity contribution in [3.63, 3.8) is 0 Å². The van der Waals surface area contributed by atoms with Crippen molar-refractivity contribution in [1.82, 2.24) is 0 Å². The van der Waals surface area contributed by atoms with E-state index in [9.17, 15) is 9.18 Å². The maximum absolute atomic E-state index is 14.5. The van der Waals surface area contributed by atoms with E-state index in [2.05, 4.69) is 5.32 Å². The highest BCUT2D eigenvalue weighted by atomic mass is 19.1. The van der Waals surface area contributed by atoms with E-state index < -0.39 is 5.41 Å². The Bertz CT molecular complexity index is 993. The predicted octanol–water partition coefficient (Wildman–Crippen LogP) is 5.44. The SMILES string of the molecule is COc1ccc(NC(=O)C2(c3ccccc3F)CCCC2)c2ccccc12. The second kappa shape index (κ2) is 7.03. The lowest BCUT2D eigenvalue weighted by atomic mass is 9.77. The number of carbonyl (C=O) groups excluding carboxylic acids is 1. The summed E-state index contributed by atoms with van der Waals surface area (Å²) in [6.07, 6.45) is 3.16. The van der Waals surface area contributed by atoms with Crippen LogP contribution < -0.4 is 10.1 Å². The summed E-state index contributed by atoms with van der Waals surface area (Å²) in [6, 6.07) is 18.1. The van der Waals surface area contributed by atoms with Crippen molar-refractivity contribution in [2.75, 3.05) is 12.4 Å². The Labute approximate surface area is 158 Å². The quantitative estimate of drug-likeness (QED) is 0.670. The van der Waals surface area contributed by atoms with E-state index in [0.29, 0.717) is 18.4 Å². The molecule has 1 saturated carbocycles. The van der Waals surface area contributed by atoms with Crippen LogP contribution in [0.25, 0.3) is 10.8 Å². The first-order valence-electron chi connectivity index (χ1n) is 9.28. The number of ether oxygens (including phenoxy) is 1. The van der Waals surface area contributed by atoms with E-state index in [4.69, 9.17) is 4.74 Å². The molecule has 0 unspecified atom stereocenters. The van der Waals surface area contributed by atoms with Gasteiger partial charge in [-0.25, -0.2) is 4.39 Å². The first-order chi connectivity index (χ1) is 13.2. The number of carbonyl (C=O) groups is 1. The van der Waals surface area contributed by atoms with Crippen LogP contribution in [0.5, 0.6) is 5.75 Å². The lowest BCUT2D eigenvalue weighted by Gasteiger charge is -2.29. The number of amides is 1. The number of anilines is 1. The van der Waals surface area contributed by atoms with E-state index in [1.54, 1.807) is 25.3 Å². The van der Waals surface area contributed by atoms with Gasteiger partial charge >= 0.3 is 0 Å². The molecule has 27 heavy (non-hydrogen) atoms. The lowest BCUT2D eigenvalue weighted by molar-refractivity contribution is -0.121. The normalized spacial score (nSPS) is 15.6. The molecule has 0 aliphatic heterocycles. The van der Waals surface area contributed by atoms with Crippen LogP contribution in [-0.4, -0.2) is 13.0 Å². The third kappa shape index (κ3) is 2.95. The minimum Gasteiger partial charge on any atom is -0.496 e. The van der Waals surface area contributed by atoms with Crippen LogP contribution in [0.15, 0.2) is 60.7 Å². The number of nitrogens with one attached hydrogen (secondary N) is 1. The maximum atomic E-state index is 14.5. The van der Waals surface area contributed by atoms with Crippen LogP contribution in [0.1, 0.15) is 31.2 Å². The first kappa shape index (κ1) is 17.5. The maximum Gasteiger partial charge on any atom is 0.235 e. The number of halogens is 1. The van der Waals surface area contributed by atoms with Crippen molar-refractivity contribution >= 4 is 22.4 Å². The monoisotopic (exact) mass is 363 g/mol. The highest BCUT2D eigenvalue weighted by Crippen LogP contribution is 2.43. The Morgan fingerprint density at radius 3 is 2.33 bits per heavy atom. The minimum atomic E-state index is -0.813.